The molecule has 2 aromatic rings. The van der Waals surface area contributed by atoms with Crippen LogP contribution >= 0.6 is 23.2 Å². The first-order chi connectivity index (χ1) is 11.5. The highest BCUT2D eigenvalue weighted by Gasteiger charge is 2.29. The topological polar surface area (TPSA) is 58.2 Å². The summed E-state index contributed by atoms with van der Waals surface area (Å²) in [5.41, 5.74) is 1.92. The number of hydrogen-bond acceptors (Lipinski definition) is 2. The third-order valence-corrected chi connectivity index (χ3v) is 4.37. The summed E-state index contributed by atoms with van der Waals surface area (Å²) in [4.78, 5) is 23.9. The Morgan fingerprint density at radius 2 is 1.75 bits per heavy atom. The molecular formula is C18H16Cl2N2O2. The van der Waals surface area contributed by atoms with Gasteiger partial charge in [0.15, 0.2) is 0 Å². The summed E-state index contributed by atoms with van der Waals surface area (Å²) in [6, 6.07) is 12.0. The highest BCUT2D eigenvalue weighted by Crippen LogP contribution is 2.29. The van der Waals surface area contributed by atoms with E-state index in [9.17, 15) is 9.59 Å². The summed E-state index contributed by atoms with van der Waals surface area (Å²) in [5.74, 6) is 0.0256. The lowest BCUT2D eigenvalue weighted by Gasteiger charge is -2.09. The van der Waals surface area contributed by atoms with Crippen LogP contribution in [0.15, 0.2) is 42.5 Å². The summed E-state index contributed by atoms with van der Waals surface area (Å²) in [6.07, 6.45) is 1.97. The number of carbonyl (C=O) groups excluding carboxylic acids is 2. The molecule has 4 nitrogen and oxygen atoms in total. The van der Waals surface area contributed by atoms with Gasteiger partial charge in [-0.3, -0.25) is 9.59 Å². The second kappa shape index (κ2) is 7.24. The Kier molecular flexibility index (Phi) is 5.07. The molecule has 24 heavy (non-hydrogen) atoms. The summed E-state index contributed by atoms with van der Waals surface area (Å²) in [5, 5.41) is 6.55. The van der Waals surface area contributed by atoms with Crippen molar-refractivity contribution in [2.75, 3.05) is 5.32 Å². The van der Waals surface area contributed by atoms with Crippen molar-refractivity contribution in [3.8, 4) is 0 Å². The molecule has 0 heterocycles. The Hall–Kier alpha value is -2.04. The lowest BCUT2D eigenvalue weighted by Crippen LogP contribution is -2.24. The van der Waals surface area contributed by atoms with E-state index in [-0.39, 0.29) is 17.7 Å². The summed E-state index contributed by atoms with van der Waals surface area (Å²) < 4.78 is 0. The van der Waals surface area contributed by atoms with Crippen LogP contribution in [0.4, 0.5) is 5.69 Å². The average molecular weight is 363 g/mol. The molecule has 0 unspecified atom stereocenters. The minimum atomic E-state index is -0.271. The Morgan fingerprint density at radius 3 is 2.42 bits per heavy atom. The molecule has 0 radical (unpaired) electrons. The van der Waals surface area contributed by atoms with Gasteiger partial charge in [-0.15, -0.1) is 0 Å². The minimum absolute atomic E-state index is 0.104. The van der Waals surface area contributed by atoms with Crippen molar-refractivity contribution in [2.45, 2.75) is 19.4 Å². The second-order valence-corrected chi connectivity index (χ2v) is 6.61. The molecule has 2 aromatic carbocycles. The lowest BCUT2D eigenvalue weighted by atomic mass is 10.1. The smallest absolute Gasteiger partial charge is 0.255 e. The molecule has 0 aliphatic heterocycles. The van der Waals surface area contributed by atoms with Gasteiger partial charge in [-0.05, 0) is 48.7 Å². The van der Waals surface area contributed by atoms with E-state index in [2.05, 4.69) is 10.6 Å². The minimum Gasteiger partial charge on any atom is -0.352 e. The van der Waals surface area contributed by atoms with Crippen molar-refractivity contribution in [2.24, 2.45) is 5.92 Å². The van der Waals surface area contributed by atoms with Crippen molar-refractivity contribution in [3.05, 3.63) is 63.6 Å². The van der Waals surface area contributed by atoms with Crippen LogP contribution in [0.2, 0.25) is 10.0 Å². The monoisotopic (exact) mass is 362 g/mol. The number of amides is 2. The molecule has 1 saturated carbocycles. The van der Waals surface area contributed by atoms with Gasteiger partial charge in [-0.2, -0.15) is 0 Å². The molecule has 0 aromatic heterocycles. The predicted octanol–water partition coefficient (Wildman–Crippen LogP) is 4.27. The van der Waals surface area contributed by atoms with Gasteiger partial charge in [0.05, 0.1) is 10.7 Å². The number of halogens is 2. The van der Waals surface area contributed by atoms with E-state index in [0.717, 1.165) is 18.4 Å². The van der Waals surface area contributed by atoms with Gasteiger partial charge in [0.25, 0.3) is 5.91 Å². The summed E-state index contributed by atoms with van der Waals surface area (Å²) >= 11 is 12.0. The standard InChI is InChI=1S/C18H16Cl2N2O2/c19-14-7-8-15(20)16(9-14)22-18(24)13-3-1-11(2-4-13)10-21-17(23)12-5-6-12/h1-4,7-9,12H,5-6,10H2,(H,21,23)(H,22,24). The zero-order valence-corrected chi connectivity index (χ0v) is 14.3. The molecule has 1 fully saturated rings. The van der Waals surface area contributed by atoms with Gasteiger partial charge in [0.2, 0.25) is 5.91 Å². The number of rotatable bonds is 5. The van der Waals surface area contributed by atoms with Crippen molar-refractivity contribution >= 4 is 40.7 Å². The molecule has 124 valence electrons. The quantitative estimate of drug-likeness (QED) is 0.834. The molecule has 0 saturated heterocycles. The fourth-order valence-electron chi connectivity index (χ4n) is 2.24. The highest BCUT2D eigenvalue weighted by molar-refractivity contribution is 6.35. The lowest BCUT2D eigenvalue weighted by molar-refractivity contribution is -0.122. The van der Waals surface area contributed by atoms with Crippen LogP contribution in [0.3, 0.4) is 0 Å². The maximum absolute atomic E-state index is 12.3. The zero-order valence-electron chi connectivity index (χ0n) is 12.8. The number of anilines is 1. The molecule has 0 spiro atoms. The van der Waals surface area contributed by atoms with Gasteiger partial charge >= 0.3 is 0 Å². The van der Waals surface area contributed by atoms with E-state index in [1.165, 1.54) is 0 Å². The third-order valence-electron chi connectivity index (χ3n) is 3.81. The third kappa shape index (κ3) is 4.28. The number of carbonyl (C=O) groups is 2. The first-order valence-corrected chi connectivity index (χ1v) is 8.41. The van der Waals surface area contributed by atoms with E-state index in [1.54, 1.807) is 30.3 Å². The Morgan fingerprint density at radius 1 is 1.04 bits per heavy atom. The fraction of sp³-hybridized carbons (Fsp3) is 0.222. The molecule has 2 amide bonds. The van der Waals surface area contributed by atoms with Crippen LogP contribution in [0.25, 0.3) is 0 Å². The maximum Gasteiger partial charge on any atom is 0.255 e. The van der Waals surface area contributed by atoms with E-state index in [1.807, 2.05) is 12.1 Å². The Labute approximate surface area is 150 Å². The molecule has 6 heteroatoms. The second-order valence-electron chi connectivity index (χ2n) is 5.77. The Balaban J connectivity index is 1.60. The van der Waals surface area contributed by atoms with E-state index >= 15 is 0 Å². The highest BCUT2D eigenvalue weighted by atomic mass is 35.5. The molecule has 1 aliphatic carbocycles. The fourth-order valence-corrected chi connectivity index (χ4v) is 2.58. The number of hydrogen-bond donors (Lipinski definition) is 2. The van der Waals surface area contributed by atoms with Crippen molar-refractivity contribution < 1.29 is 9.59 Å². The SMILES string of the molecule is O=C(Nc1cc(Cl)ccc1Cl)c1ccc(CNC(=O)C2CC2)cc1. The average Bonchev–Trinajstić information content (AvgIpc) is 3.41. The first-order valence-electron chi connectivity index (χ1n) is 7.66. The summed E-state index contributed by atoms with van der Waals surface area (Å²) in [6.45, 7) is 0.470. The van der Waals surface area contributed by atoms with Gasteiger partial charge in [-0.1, -0.05) is 35.3 Å². The maximum atomic E-state index is 12.3. The van der Waals surface area contributed by atoms with Crippen molar-refractivity contribution in [1.82, 2.24) is 5.32 Å². The van der Waals surface area contributed by atoms with Crippen LogP contribution in [-0.2, 0) is 11.3 Å². The molecular weight excluding hydrogens is 347 g/mol. The van der Waals surface area contributed by atoms with Crippen LogP contribution in [0.1, 0.15) is 28.8 Å². The van der Waals surface area contributed by atoms with Crippen LogP contribution in [-0.4, -0.2) is 11.8 Å². The molecule has 1 aliphatic rings. The number of benzene rings is 2. The van der Waals surface area contributed by atoms with E-state index < -0.39 is 0 Å². The Bertz CT molecular complexity index is 771. The molecule has 0 atom stereocenters. The predicted molar refractivity (Wildman–Crippen MR) is 95.4 cm³/mol. The van der Waals surface area contributed by atoms with Gasteiger partial charge in [-0.25, -0.2) is 0 Å². The molecule has 0 bridgehead atoms. The van der Waals surface area contributed by atoms with Gasteiger partial charge in [0.1, 0.15) is 0 Å². The van der Waals surface area contributed by atoms with Crippen LogP contribution in [0.5, 0.6) is 0 Å². The van der Waals surface area contributed by atoms with Crippen LogP contribution < -0.4 is 10.6 Å². The van der Waals surface area contributed by atoms with E-state index in [0.29, 0.717) is 27.8 Å². The zero-order chi connectivity index (χ0) is 17.1. The normalized spacial score (nSPS) is 13.4. The van der Waals surface area contributed by atoms with E-state index in [4.69, 9.17) is 23.2 Å². The molecule has 2 N–H and O–H groups in total. The summed E-state index contributed by atoms with van der Waals surface area (Å²) in [7, 11) is 0. The van der Waals surface area contributed by atoms with Crippen LogP contribution in [0, 0.1) is 5.92 Å². The van der Waals surface area contributed by atoms with Gasteiger partial charge in [0, 0.05) is 23.0 Å². The first kappa shape index (κ1) is 16.8. The van der Waals surface area contributed by atoms with Gasteiger partial charge < -0.3 is 10.6 Å². The van der Waals surface area contributed by atoms with Crippen molar-refractivity contribution in [3.63, 3.8) is 0 Å². The molecule has 3 rings (SSSR count). The largest absolute Gasteiger partial charge is 0.352 e. The van der Waals surface area contributed by atoms with Crippen molar-refractivity contribution in [1.29, 1.82) is 0 Å². The number of nitrogens with one attached hydrogen (secondary N) is 2.